The molecular weight excluding hydrogens is 281 g/mol. The average Bonchev–Trinajstić information content (AvgIpc) is 2.47. The molecule has 1 unspecified atom stereocenters. The summed E-state index contributed by atoms with van der Waals surface area (Å²) in [5, 5.41) is 0. The van der Waals surface area contributed by atoms with Gasteiger partial charge in [0.05, 0.1) is 12.8 Å². The third-order valence-corrected chi connectivity index (χ3v) is 4.12. The molecule has 1 aromatic carbocycles. The number of benzene rings is 1. The average molecular weight is 302 g/mol. The van der Waals surface area contributed by atoms with Gasteiger partial charge in [0, 0.05) is 13.1 Å². The van der Waals surface area contributed by atoms with Gasteiger partial charge in [0.25, 0.3) is 0 Å². The smallest absolute Gasteiger partial charge is 0.335 e. The molecule has 3 nitrogen and oxygen atoms in total. The number of piperidine rings is 1. The van der Waals surface area contributed by atoms with Crippen LogP contribution < -0.4 is 10.5 Å². The Bertz CT molecular complexity index is 486. The summed E-state index contributed by atoms with van der Waals surface area (Å²) in [6.07, 6.45) is -1.03. The van der Waals surface area contributed by atoms with Crippen molar-refractivity contribution in [3.05, 3.63) is 23.8 Å². The number of likely N-dealkylation sites (tertiary alicyclic amines) is 1. The van der Waals surface area contributed by atoms with Crippen molar-refractivity contribution >= 4 is 5.69 Å². The number of methoxy groups -OCH3 is 1. The van der Waals surface area contributed by atoms with Crippen LogP contribution in [0.5, 0.6) is 5.75 Å². The first-order valence-corrected chi connectivity index (χ1v) is 7.06. The van der Waals surface area contributed by atoms with E-state index in [1.54, 1.807) is 13.2 Å². The second-order valence-corrected chi connectivity index (χ2v) is 5.47. The molecule has 6 heteroatoms. The van der Waals surface area contributed by atoms with E-state index in [0.29, 0.717) is 24.3 Å². The minimum atomic E-state index is -3.39. The lowest BCUT2D eigenvalue weighted by atomic mass is 9.89. The highest BCUT2D eigenvalue weighted by molar-refractivity contribution is 5.54. The number of hydrogen-bond donors (Lipinski definition) is 1. The van der Waals surface area contributed by atoms with E-state index in [-0.39, 0.29) is 19.0 Å². The molecule has 0 aromatic heterocycles. The van der Waals surface area contributed by atoms with Gasteiger partial charge < -0.3 is 10.5 Å². The molecule has 1 atom stereocenters. The number of nitrogen functional groups attached to an aromatic ring is 1. The van der Waals surface area contributed by atoms with Gasteiger partial charge in [0.15, 0.2) is 6.17 Å². The molecule has 2 N–H and O–H groups in total. The fraction of sp³-hybridized carbons (Fsp3) is 0.600. The summed E-state index contributed by atoms with van der Waals surface area (Å²) >= 11 is 0. The summed E-state index contributed by atoms with van der Waals surface area (Å²) < 4.78 is 45.5. The van der Waals surface area contributed by atoms with E-state index in [2.05, 4.69) is 0 Å². The molecule has 0 bridgehead atoms. The van der Waals surface area contributed by atoms with Gasteiger partial charge in [-0.1, -0.05) is 6.07 Å². The Morgan fingerprint density at radius 2 is 1.95 bits per heavy atom. The summed E-state index contributed by atoms with van der Waals surface area (Å²) in [6.45, 7) is 1.26. The van der Waals surface area contributed by atoms with Gasteiger partial charge in [-0.2, -0.15) is 8.78 Å². The number of nitrogens with two attached hydrogens (primary N) is 1. The van der Waals surface area contributed by atoms with Gasteiger partial charge in [0.2, 0.25) is 0 Å². The second-order valence-electron chi connectivity index (χ2n) is 5.47. The van der Waals surface area contributed by atoms with Crippen molar-refractivity contribution in [2.75, 3.05) is 25.9 Å². The molecule has 0 aliphatic carbocycles. The predicted octanol–water partition coefficient (Wildman–Crippen LogP) is 3.41. The maximum Gasteiger partial charge on any atom is 0.335 e. The largest absolute Gasteiger partial charge is 0.495 e. The van der Waals surface area contributed by atoms with Crippen molar-refractivity contribution < 1.29 is 17.9 Å². The van der Waals surface area contributed by atoms with Crippen molar-refractivity contribution in [2.24, 2.45) is 0 Å². The van der Waals surface area contributed by atoms with E-state index in [1.807, 2.05) is 12.1 Å². The zero-order valence-electron chi connectivity index (χ0n) is 12.3. The van der Waals surface area contributed by atoms with Crippen LogP contribution in [0.3, 0.4) is 0 Å². The highest BCUT2D eigenvalue weighted by Gasteiger charge is 2.44. The SMILES string of the molecule is COc1cc(C2CCN(C(F)(F)C(C)F)CC2)ccc1N. The normalized spacial score (nSPS) is 19.5. The Balaban J connectivity index is 2.04. The van der Waals surface area contributed by atoms with Gasteiger partial charge in [-0.25, -0.2) is 9.29 Å². The number of halogens is 3. The van der Waals surface area contributed by atoms with E-state index >= 15 is 0 Å². The summed E-state index contributed by atoms with van der Waals surface area (Å²) in [5.74, 6) is 0.763. The monoisotopic (exact) mass is 302 g/mol. The summed E-state index contributed by atoms with van der Waals surface area (Å²) in [7, 11) is 1.54. The molecule has 0 spiro atoms. The Kier molecular flexibility index (Phi) is 4.66. The molecule has 1 aliphatic rings. The fourth-order valence-electron chi connectivity index (χ4n) is 2.74. The van der Waals surface area contributed by atoms with Crippen molar-refractivity contribution in [2.45, 2.75) is 37.9 Å². The van der Waals surface area contributed by atoms with Crippen LogP contribution in [0.4, 0.5) is 18.9 Å². The minimum absolute atomic E-state index is 0.168. The third-order valence-electron chi connectivity index (χ3n) is 4.12. The lowest BCUT2D eigenvalue weighted by Crippen LogP contribution is -2.50. The van der Waals surface area contributed by atoms with Crippen LogP contribution in [-0.2, 0) is 0 Å². The first-order valence-electron chi connectivity index (χ1n) is 7.06. The molecule has 0 saturated carbocycles. The van der Waals surface area contributed by atoms with Crippen LogP contribution in [0.15, 0.2) is 18.2 Å². The van der Waals surface area contributed by atoms with E-state index in [0.717, 1.165) is 17.4 Å². The third kappa shape index (κ3) is 3.26. The number of nitrogens with zero attached hydrogens (tertiary/aromatic N) is 1. The lowest BCUT2D eigenvalue weighted by molar-refractivity contribution is -0.193. The molecule has 1 saturated heterocycles. The van der Waals surface area contributed by atoms with Crippen LogP contribution in [0, 0.1) is 0 Å². The first-order chi connectivity index (χ1) is 9.86. The molecule has 0 amide bonds. The van der Waals surface area contributed by atoms with Gasteiger partial charge in [-0.15, -0.1) is 0 Å². The maximum atomic E-state index is 13.6. The topological polar surface area (TPSA) is 38.5 Å². The quantitative estimate of drug-likeness (QED) is 0.684. The summed E-state index contributed by atoms with van der Waals surface area (Å²) in [5.41, 5.74) is 7.35. The van der Waals surface area contributed by atoms with Crippen LogP contribution in [0.25, 0.3) is 0 Å². The molecule has 2 rings (SSSR count). The Morgan fingerprint density at radius 3 is 2.48 bits per heavy atom. The van der Waals surface area contributed by atoms with Crippen molar-refractivity contribution in [3.63, 3.8) is 0 Å². The molecule has 1 aliphatic heterocycles. The lowest BCUT2D eigenvalue weighted by Gasteiger charge is -2.37. The van der Waals surface area contributed by atoms with E-state index in [1.165, 1.54) is 0 Å². The Hall–Kier alpha value is -1.43. The van der Waals surface area contributed by atoms with Crippen LogP contribution >= 0.6 is 0 Å². The Labute approximate surface area is 122 Å². The van der Waals surface area contributed by atoms with Gasteiger partial charge in [-0.05, 0) is 43.4 Å². The highest BCUT2D eigenvalue weighted by Crippen LogP contribution is 2.36. The molecule has 0 radical (unpaired) electrons. The van der Waals surface area contributed by atoms with Crippen LogP contribution in [0.2, 0.25) is 0 Å². The zero-order chi connectivity index (χ0) is 15.6. The highest BCUT2D eigenvalue weighted by atomic mass is 19.3. The summed E-state index contributed by atoms with van der Waals surface area (Å²) in [6, 6.07) is 2.13. The van der Waals surface area contributed by atoms with Gasteiger partial charge in [-0.3, -0.25) is 0 Å². The van der Waals surface area contributed by atoms with Crippen LogP contribution in [0.1, 0.15) is 31.2 Å². The number of alkyl halides is 3. The predicted molar refractivity (Wildman–Crippen MR) is 76.5 cm³/mol. The van der Waals surface area contributed by atoms with E-state index < -0.39 is 12.2 Å². The molecular formula is C15H21F3N2O. The minimum Gasteiger partial charge on any atom is -0.495 e. The fourth-order valence-corrected chi connectivity index (χ4v) is 2.74. The zero-order valence-corrected chi connectivity index (χ0v) is 12.3. The van der Waals surface area contributed by atoms with Crippen LogP contribution in [-0.4, -0.2) is 37.3 Å². The standard InChI is InChI=1S/C15H21F3N2O/c1-10(16)15(17,18)20-7-5-11(6-8-20)12-3-4-13(19)14(9-12)21-2/h3-4,9-11H,5-8,19H2,1-2H3. The van der Waals surface area contributed by atoms with E-state index in [9.17, 15) is 13.2 Å². The molecule has 1 fully saturated rings. The number of anilines is 1. The van der Waals surface area contributed by atoms with Crippen molar-refractivity contribution in [3.8, 4) is 5.75 Å². The van der Waals surface area contributed by atoms with Crippen molar-refractivity contribution in [1.82, 2.24) is 4.90 Å². The first kappa shape index (κ1) is 15.9. The molecule has 118 valence electrons. The molecule has 1 aromatic rings. The number of rotatable bonds is 4. The molecule has 1 heterocycles. The van der Waals surface area contributed by atoms with Crippen molar-refractivity contribution in [1.29, 1.82) is 0 Å². The number of hydrogen-bond acceptors (Lipinski definition) is 3. The van der Waals surface area contributed by atoms with Gasteiger partial charge in [0.1, 0.15) is 5.75 Å². The maximum absolute atomic E-state index is 13.6. The number of ether oxygens (including phenoxy) is 1. The summed E-state index contributed by atoms with van der Waals surface area (Å²) in [4.78, 5) is 0.933. The van der Waals surface area contributed by atoms with E-state index in [4.69, 9.17) is 10.5 Å². The Morgan fingerprint density at radius 1 is 1.33 bits per heavy atom. The van der Waals surface area contributed by atoms with Gasteiger partial charge >= 0.3 is 6.05 Å². The second kappa shape index (κ2) is 6.13. The molecule has 21 heavy (non-hydrogen) atoms.